The van der Waals surface area contributed by atoms with Crippen LogP contribution in [-0.2, 0) is 4.74 Å². The second kappa shape index (κ2) is 8.99. The molecule has 0 heterocycles. The van der Waals surface area contributed by atoms with E-state index in [4.69, 9.17) is 4.74 Å². The SMILES string of the molecule is CCSc1ccccc1C(=O)NCCCOC(C)C. The monoisotopic (exact) mass is 281 g/mol. The van der Waals surface area contributed by atoms with Crippen LogP contribution in [0.3, 0.4) is 0 Å². The summed E-state index contributed by atoms with van der Waals surface area (Å²) >= 11 is 1.69. The van der Waals surface area contributed by atoms with E-state index in [1.165, 1.54) is 0 Å². The van der Waals surface area contributed by atoms with E-state index in [-0.39, 0.29) is 12.0 Å². The van der Waals surface area contributed by atoms with Crippen LogP contribution in [0.1, 0.15) is 37.6 Å². The van der Waals surface area contributed by atoms with Gasteiger partial charge in [-0.2, -0.15) is 0 Å². The van der Waals surface area contributed by atoms with Crippen molar-refractivity contribution in [3.63, 3.8) is 0 Å². The molecule has 0 aliphatic rings. The highest BCUT2D eigenvalue weighted by Crippen LogP contribution is 2.21. The minimum atomic E-state index is 0.00102. The Labute approximate surface area is 120 Å². The molecule has 1 N–H and O–H groups in total. The van der Waals surface area contributed by atoms with Gasteiger partial charge in [-0.25, -0.2) is 0 Å². The Balaban J connectivity index is 2.41. The molecule has 1 amide bonds. The van der Waals surface area contributed by atoms with Gasteiger partial charge in [-0.15, -0.1) is 11.8 Å². The van der Waals surface area contributed by atoms with E-state index in [0.717, 1.165) is 22.6 Å². The van der Waals surface area contributed by atoms with Gasteiger partial charge in [0.25, 0.3) is 5.91 Å². The standard InChI is InChI=1S/C15H23NO2S/c1-4-19-14-9-6-5-8-13(14)15(17)16-10-7-11-18-12(2)3/h5-6,8-9,12H,4,7,10-11H2,1-3H3,(H,16,17). The quantitative estimate of drug-likeness (QED) is 0.586. The first-order chi connectivity index (χ1) is 9.15. The molecule has 0 atom stereocenters. The molecule has 0 saturated carbocycles. The van der Waals surface area contributed by atoms with Crippen LogP contribution >= 0.6 is 11.8 Å². The molecule has 0 spiro atoms. The Morgan fingerprint density at radius 2 is 2.11 bits per heavy atom. The fourth-order valence-electron chi connectivity index (χ4n) is 1.62. The largest absolute Gasteiger partial charge is 0.379 e. The Morgan fingerprint density at radius 1 is 1.37 bits per heavy atom. The van der Waals surface area contributed by atoms with Crippen molar-refractivity contribution in [3.8, 4) is 0 Å². The minimum Gasteiger partial charge on any atom is -0.379 e. The molecule has 0 aliphatic heterocycles. The summed E-state index contributed by atoms with van der Waals surface area (Å²) < 4.78 is 5.44. The molecule has 0 unspecified atom stereocenters. The van der Waals surface area contributed by atoms with Gasteiger partial charge in [-0.3, -0.25) is 4.79 Å². The highest BCUT2D eigenvalue weighted by atomic mass is 32.2. The molecular weight excluding hydrogens is 258 g/mol. The Hall–Kier alpha value is -1.00. The Kier molecular flexibility index (Phi) is 7.60. The zero-order valence-corrected chi connectivity index (χ0v) is 12.8. The minimum absolute atomic E-state index is 0.00102. The number of hydrogen-bond donors (Lipinski definition) is 1. The van der Waals surface area contributed by atoms with E-state index in [9.17, 15) is 4.79 Å². The topological polar surface area (TPSA) is 38.3 Å². The predicted octanol–water partition coefficient (Wildman–Crippen LogP) is 3.34. The summed E-state index contributed by atoms with van der Waals surface area (Å²) in [6, 6.07) is 7.73. The number of hydrogen-bond acceptors (Lipinski definition) is 3. The van der Waals surface area contributed by atoms with Gasteiger partial charge in [-0.1, -0.05) is 19.1 Å². The van der Waals surface area contributed by atoms with Crippen LogP contribution in [0.15, 0.2) is 29.2 Å². The number of nitrogens with one attached hydrogen (secondary N) is 1. The molecule has 0 fully saturated rings. The number of thioether (sulfide) groups is 1. The first-order valence-corrected chi connectivity index (χ1v) is 7.75. The van der Waals surface area contributed by atoms with Gasteiger partial charge >= 0.3 is 0 Å². The fourth-order valence-corrected chi connectivity index (χ4v) is 2.43. The van der Waals surface area contributed by atoms with Gasteiger partial charge in [0, 0.05) is 18.0 Å². The van der Waals surface area contributed by atoms with Crippen molar-refractivity contribution in [1.82, 2.24) is 5.32 Å². The van der Waals surface area contributed by atoms with Gasteiger partial charge in [0.05, 0.1) is 11.7 Å². The maximum absolute atomic E-state index is 12.1. The van der Waals surface area contributed by atoms with E-state index in [1.807, 2.05) is 38.1 Å². The first-order valence-electron chi connectivity index (χ1n) is 6.76. The number of rotatable bonds is 8. The summed E-state index contributed by atoms with van der Waals surface area (Å²) in [5.41, 5.74) is 0.763. The van der Waals surface area contributed by atoms with Crippen LogP contribution in [0.4, 0.5) is 0 Å². The summed E-state index contributed by atoms with van der Waals surface area (Å²) in [6.07, 6.45) is 1.09. The predicted molar refractivity (Wildman–Crippen MR) is 80.9 cm³/mol. The molecule has 0 radical (unpaired) electrons. The lowest BCUT2D eigenvalue weighted by atomic mass is 10.2. The third-order valence-electron chi connectivity index (χ3n) is 2.49. The lowest BCUT2D eigenvalue weighted by Gasteiger charge is -2.10. The molecule has 19 heavy (non-hydrogen) atoms. The second-order valence-electron chi connectivity index (χ2n) is 4.46. The number of carbonyl (C=O) groups is 1. The molecule has 1 aromatic carbocycles. The van der Waals surface area contributed by atoms with Crippen LogP contribution in [-0.4, -0.2) is 30.9 Å². The lowest BCUT2D eigenvalue weighted by molar-refractivity contribution is 0.0757. The first kappa shape index (κ1) is 16.1. The zero-order valence-electron chi connectivity index (χ0n) is 11.9. The summed E-state index contributed by atoms with van der Waals surface area (Å²) in [6.45, 7) is 7.44. The smallest absolute Gasteiger partial charge is 0.252 e. The second-order valence-corrected chi connectivity index (χ2v) is 5.76. The number of amides is 1. The zero-order chi connectivity index (χ0) is 14.1. The average Bonchev–Trinajstić information content (AvgIpc) is 2.39. The maximum Gasteiger partial charge on any atom is 0.252 e. The third-order valence-corrected chi connectivity index (χ3v) is 3.45. The van der Waals surface area contributed by atoms with Crippen LogP contribution in [0, 0.1) is 0 Å². The van der Waals surface area contributed by atoms with E-state index >= 15 is 0 Å². The molecule has 0 saturated heterocycles. The normalized spacial score (nSPS) is 10.7. The van der Waals surface area contributed by atoms with Crippen molar-refractivity contribution in [2.24, 2.45) is 0 Å². The van der Waals surface area contributed by atoms with Gasteiger partial charge in [0.15, 0.2) is 0 Å². The third kappa shape index (κ3) is 6.12. The maximum atomic E-state index is 12.1. The van der Waals surface area contributed by atoms with Crippen molar-refractivity contribution < 1.29 is 9.53 Å². The van der Waals surface area contributed by atoms with Crippen LogP contribution < -0.4 is 5.32 Å². The Morgan fingerprint density at radius 3 is 2.79 bits per heavy atom. The summed E-state index contributed by atoms with van der Waals surface area (Å²) in [7, 11) is 0. The van der Waals surface area contributed by atoms with E-state index in [2.05, 4.69) is 12.2 Å². The molecule has 1 rings (SSSR count). The van der Waals surface area contributed by atoms with Crippen molar-refractivity contribution in [3.05, 3.63) is 29.8 Å². The van der Waals surface area contributed by atoms with E-state index in [0.29, 0.717) is 13.2 Å². The summed E-state index contributed by atoms with van der Waals surface area (Å²) in [4.78, 5) is 13.1. The summed E-state index contributed by atoms with van der Waals surface area (Å²) in [5.74, 6) is 0.966. The molecule has 4 heteroatoms. The molecule has 106 valence electrons. The van der Waals surface area contributed by atoms with Gasteiger partial charge in [-0.05, 0) is 38.2 Å². The van der Waals surface area contributed by atoms with E-state index < -0.39 is 0 Å². The molecule has 1 aromatic rings. The highest BCUT2D eigenvalue weighted by molar-refractivity contribution is 7.99. The number of carbonyl (C=O) groups excluding carboxylic acids is 1. The number of benzene rings is 1. The van der Waals surface area contributed by atoms with Gasteiger partial charge in [0.2, 0.25) is 0 Å². The highest BCUT2D eigenvalue weighted by Gasteiger charge is 2.09. The van der Waals surface area contributed by atoms with Gasteiger partial charge < -0.3 is 10.1 Å². The Bertz CT molecular complexity index is 393. The lowest BCUT2D eigenvalue weighted by Crippen LogP contribution is -2.26. The van der Waals surface area contributed by atoms with Crippen molar-refractivity contribution >= 4 is 17.7 Å². The van der Waals surface area contributed by atoms with Crippen molar-refractivity contribution in [2.75, 3.05) is 18.9 Å². The molecule has 3 nitrogen and oxygen atoms in total. The number of ether oxygens (including phenoxy) is 1. The van der Waals surface area contributed by atoms with Crippen LogP contribution in [0.5, 0.6) is 0 Å². The van der Waals surface area contributed by atoms with Crippen molar-refractivity contribution in [1.29, 1.82) is 0 Å². The summed E-state index contributed by atoms with van der Waals surface area (Å²) in [5, 5.41) is 2.94. The molecule has 0 aromatic heterocycles. The molecule has 0 bridgehead atoms. The fraction of sp³-hybridized carbons (Fsp3) is 0.533. The van der Waals surface area contributed by atoms with Crippen LogP contribution in [0.25, 0.3) is 0 Å². The molecular formula is C15H23NO2S. The van der Waals surface area contributed by atoms with Crippen LogP contribution in [0.2, 0.25) is 0 Å². The van der Waals surface area contributed by atoms with Crippen molar-refractivity contribution in [2.45, 2.75) is 38.2 Å². The van der Waals surface area contributed by atoms with E-state index in [1.54, 1.807) is 11.8 Å². The average molecular weight is 281 g/mol. The van der Waals surface area contributed by atoms with Gasteiger partial charge in [0.1, 0.15) is 0 Å². The molecule has 0 aliphatic carbocycles.